The zero-order chi connectivity index (χ0) is 16.2. The summed E-state index contributed by atoms with van der Waals surface area (Å²) >= 11 is 4.96. The maximum atomic E-state index is 9.36. The number of benzene rings is 2. The van der Waals surface area contributed by atoms with E-state index < -0.39 is 0 Å². The molecular weight excluding hydrogens is 376 g/mol. The molecule has 0 fully saturated rings. The summed E-state index contributed by atoms with van der Waals surface area (Å²) in [6.45, 7) is 0. The Kier molecular flexibility index (Phi) is 4.68. The van der Waals surface area contributed by atoms with Crippen molar-refractivity contribution in [3.05, 3.63) is 59.2 Å². The molecule has 3 rings (SSSR count). The van der Waals surface area contributed by atoms with E-state index in [0.717, 1.165) is 20.0 Å². The quantitative estimate of drug-likeness (QED) is 0.573. The van der Waals surface area contributed by atoms with Gasteiger partial charge in [0.05, 0.1) is 4.90 Å². The minimum atomic E-state index is 0.200. The fourth-order valence-corrected chi connectivity index (χ4v) is 2.95. The lowest BCUT2D eigenvalue weighted by molar-refractivity contribution is 0.475. The van der Waals surface area contributed by atoms with E-state index >= 15 is 0 Å². The Bertz CT molecular complexity index is 809. The molecule has 0 spiro atoms. The summed E-state index contributed by atoms with van der Waals surface area (Å²) in [5.74, 6) is 1.03. The Hall–Kier alpha value is -2.25. The summed E-state index contributed by atoms with van der Waals surface area (Å²) in [7, 11) is 0. The highest BCUT2D eigenvalue weighted by Gasteiger charge is 2.09. The molecule has 0 bridgehead atoms. The van der Waals surface area contributed by atoms with Crippen molar-refractivity contribution in [1.82, 2.24) is 9.97 Å². The topological polar surface area (TPSA) is 84.1 Å². The Morgan fingerprint density at radius 3 is 2.43 bits per heavy atom. The average molecular weight is 389 g/mol. The van der Waals surface area contributed by atoms with Gasteiger partial charge in [-0.2, -0.15) is 4.98 Å². The first kappa shape index (κ1) is 15.6. The van der Waals surface area contributed by atoms with Gasteiger partial charge < -0.3 is 16.2 Å². The van der Waals surface area contributed by atoms with E-state index in [1.54, 1.807) is 42.2 Å². The summed E-state index contributed by atoms with van der Waals surface area (Å²) in [6, 6.07) is 14.7. The van der Waals surface area contributed by atoms with Crippen LogP contribution in [-0.2, 0) is 0 Å². The van der Waals surface area contributed by atoms with E-state index in [1.165, 1.54) is 0 Å². The number of halogens is 1. The van der Waals surface area contributed by atoms with Gasteiger partial charge in [0.1, 0.15) is 11.6 Å². The molecular formula is C16H13BrN4OS. The summed E-state index contributed by atoms with van der Waals surface area (Å²) in [4.78, 5) is 10.3. The van der Waals surface area contributed by atoms with Crippen molar-refractivity contribution < 1.29 is 5.11 Å². The van der Waals surface area contributed by atoms with E-state index in [-0.39, 0.29) is 11.7 Å². The van der Waals surface area contributed by atoms with Crippen LogP contribution < -0.4 is 11.1 Å². The first-order valence-corrected chi connectivity index (χ1v) is 8.33. The first-order valence-electron chi connectivity index (χ1n) is 6.72. The monoisotopic (exact) mass is 388 g/mol. The van der Waals surface area contributed by atoms with Crippen molar-refractivity contribution in [2.45, 2.75) is 9.79 Å². The van der Waals surface area contributed by atoms with E-state index in [4.69, 9.17) is 5.73 Å². The Morgan fingerprint density at radius 1 is 1.04 bits per heavy atom. The number of aromatic nitrogens is 2. The third-order valence-corrected chi connectivity index (χ3v) is 4.50. The lowest BCUT2D eigenvalue weighted by Crippen LogP contribution is -2.01. The number of rotatable bonds is 4. The predicted molar refractivity (Wildman–Crippen MR) is 96.1 cm³/mol. The number of aromatic hydroxyl groups is 1. The summed E-state index contributed by atoms with van der Waals surface area (Å²) in [5.41, 5.74) is 6.51. The fourth-order valence-electron chi connectivity index (χ4n) is 1.86. The second kappa shape index (κ2) is 6.89. The molecule has 3 aromatic rings. The van der Waals surface area contributed by atoms with Crippen LogP contribution in [0.1, 0.15) is 0 Å². The highest BCUT2D eigenvalue weighted by molar-refractivity contribution is 9.10. The van der Waals surface area contributed by atoms with Gasteiger partial charge in [0, 0.05) is 21.3 Å². The number of phenols is 1. The number of nitrogens with one attached hydrogen (secondary N) is 1. The Balaban J connectivity index is 1.88. The van der Waals surface area contributed by atoms with Crippen LogP contribution in [0.15, 0.2) is 69.0 Å². The normalized spacial score (nSPS) is 10.5. The summed E-state index contributed by atoms with van der Waals surface area (Å²) < 4.78 is 1.03. The van der Waals surface area contributed by atoms with E-state index in [2.05, 4.69) is 31.2 Å². The van der Waals surface area contributed by atoms with E-state index in [0.29, 0.717) is 5.82 Å². The maximum absolute atomic E-state index is 9.36. The Morgan fingerprint density at radius 2 is 1.74 bits per heavy atom. The lowest BCUT2D eigenvalue weighted by atomic mass is 10.3. The van der Waals surface area contributed by atoms with Crippen LogP contribution in [0.2, 0.25) is 0 Å². The van der Waals surface area contributed by atoms with Crippen LogP contribution in [0, 0.1) is 0 Å². The molecule has 0 atom stereocenters. The molecule has 1 aromatic heterocycles. The zero-order valence-electron chi connectivity index (χ0n) is 11.9. The van der Waals surface area contributed by atoms with Crippen LogP contribution in [0.25, 0.3) is 0 Å². The molecule has 0 amide bonds. The van der Waals surface area contributed by atoms with Gasteiger partial charge in [0.15, 0.2) is 0 Å². The molecule has 4 N–H and O–H groups in total. The van der Waals surface area contributed by atoms with Crippen molar-refractivity contribution in [2.24, 2.45) is 0 Å². The number of phenolic OH excluding ortho intramolecular Hbond substituents is 1. The van der Waals surface area contributed by atoms with Gasteiger partial charge in [0.2, 0.25) is 5.95 Å². The van der Waals surface area contributed by atoms with Crippen LogP contribution >= 0.6 is 27.7 Å². The molecule has 0 unspecified atom stereocenters. The zero-order valence-corrected chi connectivity index (χ0v) is 14.3. The van der Waals surface area contributed by atoms with Gasteiger partial charge in [-0.05, 0) is 48.5 Å². The minimum Gasteiger partial charge on any atom is -0.508 e. The highest BCUT2D eigenvalue weighted by Crippen LogP contribution is 2.34. The second-order valence-electron chi connectivity index (χ2n) is 4.67. The predicted octanol–water partition coefficient (Wildman–Crippen LogP) is 4.42. The minimum absolute atomic E-state index is 0.200. The fraction of sp³-hybridized carbons (Fsp3) is 0. The van der Waals surface area contributed by atoms with E-state index in [9.17, 15) is 5.11 Å². The van der Waals surface area contributed by atoms with Crippen molar-refractivity contribution >= 4 is 45.1 Å². The second-order valence-corrected chi connectivity index (χ2v) is 6.70. The molecule has 0 radical (unpaired) electrons. The number of nitrogens with zero attached hydrogens (tertiary/aromatic N) is 2. The Labute approximate surface area is 146 Å². The number of nitrogen functional groups attached to an aromatic ring is 1. The molecule has 23 heavy (non-hydrogen) atoms. The lowest BCUT2D eigenvalue weighted by Gasteiger charge is -2.11. The first-order chi connectivity index (χ1) is 11.1. The molecule has 5 nitrogen and oxygen atoms in total. The number of anilines is 3. The number of hydrogen-bond donors (Lipinski definition) is 3. The van der Waals surface area contributed by atoms with Gasteiger partial charge in [-0.25, -0.2) is 4.98 Å². The van der Waals surface area contributed by atoms with Gasteiger partial charge in [-0.3, -0.25) is 0 Å². The van der Waals surface area contributed by atoms with Gasteiger partial charge in [-0.15, -0.1) is 0 Å². The summed E-state index contributed by atoms with van der Waals surface area (Å²) in [5, 5.41) is 12.6. The largest absolute Gasteiger partial charge is 0.508 e. The third kappa shape index (κ3) is 4.14. The molecule has 0 saturated carbocycles. The molecule has 0 aliphatic carbocycles. The molecule has 1 heterocycles. The van der Waals surface area contributed by atoms with Crippen molar-refractivity contribution in [1.29, 1.82) is 0 Å². The van der Waals surface area contributed by atoms with Crippen molar-refractivity contribution in [3.63, 3.8) is 0 Å². The maximum Gasteiger partial charge on any atom is 0.222 e. The molecule has 0 aliphatic rings. The molecule has 0 aliphatic heterocycles. The van der Waals surface area contributed by atoms with Crippen LogP contribution in [-0.4, -0.2) is 15.1 Å². The standard InChI is InChI=1S/C16H13BrN4OS/c17-10-1-7-13(8-2-10)23-14-9-19-16(18)21-15(14)20-11-3-5-12(22)6-4-11/h1-9,22H,(H3,18,19,20,21). The molecule has 0 saturated heterocycles. The van der Waals surface area contributed by atoms with Crippen LogP contribution in [0.5, 0.6) is 5.75 Å². The van der Waals surface area contributed by atoms with Crippen molar-refractivity contribution in [3.8, 4) is 5.75 Å². The van der Waals surface area contributed by atoms with Crippen LogP contribution in [0.4, 0.5) is 17.5 Å². The molecule has 116 valence electrons. The van der Waals surface area contributed by atoms with E-state index in [1.807, 2.05) is 24.3 Å². The van der Waals surface area contributed by atoms with Gasteiger partial charge in [0.25, 0.3) is 0 Å². The number of hydrogen-bond acceptors (Lipinski definition) is 6. The number of nitrogens with two attached hydrogens (primary N) is 1. The molecule has 7 heteroatoms. The highest BCUT2D eigenvalue weighted by atomic mass is 79.9. The van der Waals surface area contributed by atoms with Gasteiger partial charge in [-0.1, -0.05) is 27.7 Å². The average Bonchev–Trinajstić information content (AvgIpc) is 2.54. The molecule has 2 aromatic carbocycles. The smallest absolute Gasteiger partial charge is 0.222 e. The summed E-state index contributed by atoms with van der Waals surface area (Å²) in [6.07, 6.45) is 1.69. The van der Waals surface area contributed by atoms with Crippen LogP contribution in [0.3, 0.4) is 0 Å². The van der Waals surface area contributed by atoms with Gasteiger partial charge >= 0.3 is 0 Å². The SMILES string of the molecule is Nc1ncc(Sc2ccc(Br)cc2)c(Nc2ccc(O)cc2)n1. The van der Waals surface area contributed by atoms with Crippen molar-refractivity contribution in [2.75, 3.05) is 11.1 Å². The third-order valence-electron chi connectivity index (χ3n) is 2.95.